The number of amides is 1. The summed E-state index contributed by atoms with van der Waals surface area (Å²) >= 11 is 2.21. The van der Waals surface area contributed by atoms with E-state index >= 15 is 0 Å². The first-order chi connectivity index (χ1) is 7.08. The van der Waals surface area contributed by atoms with Crippen molar-refractivity contribution in [1.29, 1.82) is 0 Å². The fourth-order valence-corrected chi connectivity index (χ4v) is 1.38. The Morgan fingerprint density at radius 3 is 2.67 bits per heavy atom. The third-order valence-corrected chi connectivity index (χ3v) is 2.41. The van der Waals surface area contributed by atoms with E-state index in [4.69, 9.17) is 9.84 Å². The summed E-state index contributed by atoms with van der Waals surface area (Å²) in [6, 6.07) is 7.60. The molecule has 0 aromatic heterocycles. The van der Waals surface area contributed by atoms with Gasteiger partial charge in [-0.3, -0.25) is 0 Å². The number of nitrogens with one attached hydrogen (secondary N) is 1. The van der Waals surface area contributed by atoms with Crippen LogP contribution in [-0.2, 0) is 0 Å². The zero-order valence-corrected chi connectivity index (χ0v) is 10.4. The van der Waals surface area contributed by atoms with Crippen LogP contribution < -0.4 is 10.1 Å². The molecule has 0 saturated carbocycles. The van der Waals surface area contributed by atoms with E-state index in [1.165, 1.54) is 0 Å². The molecule has 1 aromatic rings. The maximum atomic E-state index is 10.2. The summed E-state index contributed by atoms with van der Waals surface area (Å²) in [6.45, 7) is 2.09. The highest BCUT2D eigenvalue weighted by Crippen LogP contribution is 2.14. The molecule has 1 amide bonds. The minimum absolute atomic E-state index is 0.179. The number of carboxylic acid groups (broad SMARTS) is 1. The second-order valence-corrected chi connectivity index (χ2v) is 4.31. The zero-order valence-electron chi connectivity index (χ0n) is 8.24. The van der Waals surface area contributed by atoms with Crippen LogP contribution in [0.5, 0.6) is 5.75 Å². The lowest BCUT2D eigenvalue weighted by Crippen LogP contribution is -2.32. The molecule has 0 saturated heterocycles. The van der Waals surface area contributed by atoms with Gasteiger partial charge >= 0.3 is 6.09 Å². The van der Waals surface area contributed by atoms with Crippen LogP contribution in [0.2, 0.25) is 0 Å². The summed E-state index contributed by atoms with van der Waals surface area (Å²) in [7, 11) is 0. The van der Waals surface area contributed by atoms with Crippen molar-refractivity contribution < 1.29 is 14.6 Å². The molecule has 0 heterocycles. The third-order valence-electron chi connectivity index (χ3n) is 1.69. The normalized spacial score (nSPS) is 11.9. The van der Waals surface area contributed by atoms with Crippen LogP contribution >= 0.6 is 22.6 Å². The van der Waals surface area contributed by atoms with E-state index in [0.717, 1.165) is 9.32 Å². The van der Waals surface area contributed by atoms with Crippen LogP contribution in [0.4, 0.5) is 4.79 Å². The second-order valence-electron chi connectivity index (χ2n) is 3.07. The average molecular weight is 321 g/mol. The Morgan fingerprint density at radius 1 is 1.53 bits per heavy atom. The fourth-order valence-electron chi connectivity index (χ4n) is 1.02. The Balaban J connectivity index is 2.40. The van der Waals surface area contributed by atoms with Gasteiger partial charge in [0.2, 0.25) is 0 Å². The summed E-state index contributed by atoms with van der Waals surface area (Å²) in [5.74, 6) is 0.745. The first kappa shape index (κ1) is 12.1. The van der Waals surface area contributed by atoms with Gasteiger partial charge in [-0.2, -0.15) is 0 Å². The smallest absolute Gasteiger partial charge is 0.404 e. The summed E-state index contributed by atoms with van der Waals surface area (Å²) in [5, 5.41) is 10.7. The topological polar surface area (TPSA) is 58.6 Å². The Kier molecular flexibility index (Phi) is 4.67. The van der Waals surface area contributed by atoms with Crippen LogP contribution in [0.1, 0.15) is 6.92 Å². The SMILES string of the molecule is CC(CNC(=O)O)Oc1ccc(I)cc1. The van der Waals surface area contributed by atoms with E-state index in [9.17, 15) is 4.79 Å². The van der Waals surface area contributed by atoms with Crippen molar-refractivity contribution in [1.82, 2.24) is 5.32 Å². The van der Waals surface area contributed by atoms with Crippen LogP contribution in [0, 0.1) is 3.57 Å². The summed E-state index contributed by atoms with van der Waals surface area (Å²) < 4.78 is 6.63. The maximum absolute atomic E-state index is 10.2. The Bertz CT molecular complexity index is 326. The number of benzene rings is 1. The number of carbonyl (C=O) groups is 1. The van der Waals surface area contributed by atoms with Gasteiger partial charge in [0.15, 0.2) is 0 Å². The number of ether oxygens (including phenoxy) is 1. The van der Waals surface area contributed by atoms with Gasteiger partial charge in [-0.25, -0.2) is 4.79 Å². The van der Waals surface area contributed by atoms with Crippen molar-refractivity contribution >= 4 is 28.7 Å². The summed E-state index contributed by atoms with van der Waals surface area (Å²) in [4.78, 5) is 10.2. The predicted octanol–water partition coefficient (Wildman–Crippen LogP) is 2.33. The molecule has 0 aliphatic carbocycles. The van der Waals surface area contributed by atoms with Crippen molar-refractivity contribution in [2.75, 3.05) is 6.54 Å². The van der Waals surface area contributed by atoms with Crippen LogP contribution in [0.25, 0.3) is 0 Å². The molecule has 0 spiro atoms. The highest BCUT2D eigenvalue weighted by molar-refractivity contribution is 14.1. The predicted molar refractivity (Wildman–Crippen MR) is 65.3 cm³/mol. The molecule has 0 aliphatic rings. The minimum Gasteiger partial charge on any atom is -0.489 e. The van der Waals surface area contributed by atoms with Crippen molar-refractivity contribution in [3.63, 3.8) is 0 Å². The van der Waals surface area contributed by atoms with Gasteiger partial charge in [0, 0.05) is 3.57 Å². The Labute approximate surface area is 102 Å². The molecule has 0 bridgehead atoms. The molecule has 1 unspecified atom stereocenters. The Morgan fingerprint density at radius 2 is 2.13 bits per heavy atom. The molecule has 4 nitrogen and oxygen atoms in total. The molecule has 2 N–H and O–H groups in total. The minimum atomic E-state index is -1.03. The van der Waals surface area contributed by atoms with Gasteiger partial charge in [0.25, 0.3) is 0 Å². The fraction of sp³-hybridized carbons (Fsp3) is 0.300. The number of hydrogen-bond donors (Lipinski definition) is 2. The highest BCUT2D eigenvalue weighted by atomic mass is 127. The molecule has 0 fully saturated rings. The maximum Gasteiger partial charge on any atom is 0.404 e. The van der Waals surface area contributed by atoms with Crippen LogP contribution in [0.15, 0.2) is 24.3 Å². The Hall–Kier alpha value is -0.980. The van der Waals surface area contributed by atoms with Crippen molar-refractivity contribution in [3.05, 3.63) is 27.8 Å². The zero-order chi connectivity index (χ0) is 11.3. The highest BCUT2D eigenvalue weighted by Gasteiger charge is 2.05. The van der Waals surface area contributed by atoms with E-state index in [1.54, 1.807) is 0 Å². The quantitative estimate of drug-likeness (QED) is 0.837. The van der Waals surface area contributed by atoms with E-state index in [0.29, 0.717) is 0 Å². The lowest BCUT2D eigenvalue weighted by molar-refractivity contribution is 0.178. The number of hydrogen-bond acceptors (Lipinski definition) is 2. The van der Waals surface area contributed by atoms with Gasteiger partial charge in [-0.1, -0.05) is 0 Å². The first-order valence-corrected chi connectivity index (χ1v) is 5.55. The molecule has 1 atom stereocenters. The molecule has 5 heteroatoms. The lowest BCUT2D eigenvalue weighted by atomic mass is 10.3. The third kappa shape index (κ3) is 4.87. The standard InChI is InChI=1S/C10H12INO3/c1-7(6-12-10(13)14)15-9-4-2-8(11)3-5-9/h2-5,7,12H,6H2,1H3,(H,13,14). The van der Waals surface area contributed by atoms with E-state index in [1.807, 2.05) is 31.2 Å². The molecular formula is C10H12INO3. The van der Waals surface area contributed by atoms with E-state index < -0.39 is 6.09 Å². The number of halogens is 1. The second kappa shape index (κ2) is 5.79. The van der Waals surface area contributed by atoms with E-state index in [-0.39, 0.29) is 12.6 Å². The van der Waals surface area contributed by atoms with Gasteiger partial charge in [0.05, 0.1) is 6.54 Å². The molecule has 0 radical (unpaired) electrons. The summed E-state index contributed by atoms with van der Waals surface area (Å²) in [6.07, 6.45) is -1.21. The van der Waals surface area contributed by atoms with Gasteiger partial charge in [-0.15, -0.1) is 0 Å². The molecule has 0 aliphatic heterocycles. The van der Waals surface area contributed by atoms with Gasteiger partial charge in [-0.05, 0) is 53.8 Å². The number of rotatable bonds is 4. The average Bonchev–Trinajstić information content (AvgIpc) is 2.19. The first-order valence-electron chi connectivity index (χ1n) is 4.47. The monoisotopic (exact) mass is 321 g/mol. The lowest BCUT2D eigenvalue weighted by Gasteiger charge is -2.14. The largest absolute Gasteiger partial charge is 0.489 e. The molecular weight excluding hydrogens is 309 g/mol. The van der Waals surface area contributed by atoms with Crippen molar-refractivity contribution in [2.24, 2.45) is 0 Å². The van der Waals surface area contributed by atoms with Crippen LogP contribution in [-0.4, -0.2) is 23.8 Å². The van der Waals surface area contributed by atoms with Crippen molar-refractivity contribution in [3.8, 4) is 5.75 Å². The van der Waals surface area contributed by atoms with Crippen molar-refractivity contribution in [2.45, 2.75) is 13.0 Å². The van der Waals surface area contributed by atoms with Gasteiger partial charge < -0.3 is 15.2 Å². The molecule has 15 heavy (non-hydrogen) atoms. The van der Waals surface area contributed by atoms with Crippen LogP contribution in [0.3, 0.4) is 0 Å². The molecule has 1 aromatic carbocycles. The molecule has 82 valence electrons. The van der Waals surface area contributed by atoms with Gasteiger partial charge in [0.1, 0.15) is 11.9 Å². The van der Waals surface area contributed by atoms with E-state index in [2.05, 4.69) is 27.9 Å². The molecule has 1 rings (SSSR count). The summed E-state index contributed by atoms with van der Waals surface area (Å²) in [5.41, 5.74) is 0.